The monoisotopic (exact) mass is 455 g/mol. The number of ether oxygens (including phenoxy) is 2. The lowest BCUT2D eigenvalue weighted by atomic mass is 10.0. The second kappa shape index (κ2) is 11.5. The second-order valence-electron chi connectivity index (χ2n) is 6.34. The van der Waals surface area contributed by atoms with Crippen LogP contribution in [0.2, 0.25) is 10.0 Å². The lowest BCUT2D eigenvalue weighted by molar-refractivity contribution is -0.0165. The van der Waals surface area contributed by atoms with E-state index in [4.69, 9.17) is 32.7 Å². The molecule has 160 valence electrons. The SMILES string of the molecule is CON=C[C@@H](F)[C@H](OC(=O)c1ccc(Cl)cc1)[C@@H](C)COC(=O)c1ccc(Cl)cc1. The van der Waals surface area contributed by atoms with E-state index in [0.29, 0.717) is 15.6 Å². The highest BCUT2D eigenvalue weighted by molar-refractivity contribution is 6.31. The summed E-state index contributed by atoms with van der Waals surface area (Å²) in [6, 6.07) is 12.1. The fourth-order valence-electron chi connectivity index (χ4n) is 2.45. The van der Waals surface area contributed by atoms with Crippen molar-refractivity contribution in [2.45, 2.75) is 19.2 Å². The number of rotatable bonds is 9. The first-order chi connectivity index (χ1) is 14.3. The highest BCUT2D eigenvalue weighted by Gasteiger charge is 2.31. The lowest BCUT2D eigenvalue weighted by Gasteiger charge is -2.25. The van der Waals surface area contributed by atoms with Gasteiger partial charge in [-0.25, -0.2) is 14.0 Å². The van der Waals surface area contributed by atoms with Crippen LogP contribution in [0.15, 0.2) is 53.7 Å². The van der Waals surface area contributed by atoms with E-state index in [1.807, 2.05) is 0 Å². The molecule has 0 radical (unpaired) electrons. The predicted molar refractivity (Wildman–Crippen MR) is 112 cm³/mol. The molecule has 0 spiro atoms. The number of hydrogen-bond acceptors (Lipinski definition) is 6. The number of nitrogens with zero attached hydrogens (tertiary/aromatic N) is 1. The molecular weight excluding hydrogens is 436 g/mol. The first kappa shape index (κ1) is 23.6. The largest absolute Gasteiger partial charge is 0.462 e. The molecule has 0 bridgehead atoms. The van der Waals surface area contributed by atoms with Gasteiger partial charge in [-0.1, -0.05) is 35.3 Å². The van der Waals surface area contributed by atoms with Gasteiger partial charge in [0.25, 0.3) is 0 Å². The molecule has 0 amide bonds. The van der Waals surface area contributed by atoms with E-state index in [0.717, 1.165) is 6.21 Å². The number of halogens is 3. The molecule has 0 saturated heterocycles. The molecule has 3 atom stereocenters. The number of oxime groups is 1. The Bertz CT molecular complexity index is 874. The summed E-state index contributed by atoms with van der Waals surface area (Å²) in [5.74, 6) is -2.04. The lowest BCUT2D eigenvalue weighted by Crippen LogP contribution is -2.37. The number of carbonyl (C=O) groups excluding carboxylic acids is 2. The van der Waals surface area contributed by atoms with Crippen molar-refractivity contribution in [3.05, 3.63) is 69.7 Å². The zero-order chi connectivity index (χ0) is 22.1. The van der Waals surface area contributed by atoms with Gasteiger partial charge in [0.05, 0.1) is 23.9 Å². The minimum atomic E-state index is -1.79. The maximum absolute atomic E-state index is 14.7. The van der Waals surface area contributed by atoms with Crippen LogP contribution >= 0.6 is 23.2 Å². The number of hydrogen-bond donors (Lipinski definition) is 0. The van der Waals surface area contributed by atoms with Gasteiger partial charge < -0.3 is 14.3 Å². The maximum Gasteiger partial charge on any atom is 0.338 e. The molecule has 0 aliphatic carbocycles. The van der Waals surface area contributed by atoms with Crippen molar-refractivity contribution < 1.29 is 28.3 Å². The summed E-state index contributed by atoms with van der Waals surface area (Å²) >= 11 is 11.6. The Hall–Kier alpha value is -2.64. The van der Waals surface area contributed by atoms with Gasteiger partial charge >= 0.3 is 11.9 Å². The number of alkyl halides is 1. The van der Waals surface area contributed by atoms with Crippen molar-refractivity contribution in [3.8, 4) is 0 Å². The number of benzene rings is 2. The normalized spacial score (nSPS) is 14.0. The van der Waals surface area contributed by atoms with E-state index in [1.165, 1.54) is 43.5 Å². The smallest absolute Gasteiger partial charge is 0.338 e. The van der Waals surface area contributed by atoms with E-state index in [-0.39, 0.29) is 12.2 Å². The van der Waals surface area contributed by atoms with E-state index < -0.39 is 30.1 Å². The fourth-order valence-corrected chi connectivity index (χ4v) is 2.70. The summed E-state index contributed by atoms with van der Waals surface area (Å²) < 4.78 is 25.2. The summed E-state index contributed by atoms with van der Waals surface area (Å²) in [5, 5.41) is 4.31. The topological polar surface area (TPSA) is 74.2 Å². The Morgan fingerprint density at radius 3 is 2.00 bits per heavy atom. The van der Waals surface area contributed by atoms with Crippen molar-refractivity contribution in [1.82, 2.24) is 0 Å². The van der Waals surface area contributed by atoms with Gasteiger partial charge in [-0.3, -0.25) is 0 Å². The molecule has 0 heterocycles. The molecular formula is C21H20Cl2FNO5. The van der Waals surface area contributed by atoms with Crippen LogP contribution in [0.4, 0.5) is 4.39 Å². The molecule has 0 saturated carbocycles. The van der Waals surface area contributed by atoms with Crippen molar-refractivity contribution in [3.63, 3.8) is 0 Å². The quantitative estimate of drug-likeness (QED) is 0.302. The molecule has 0 fully saturated rings. The highest BCUT2D eigenvalue weighted by atomic mass is 35.5. The first-order valence-corrected chi connectivity index (χ1v) is 9.67. The van der Waals surface area contributed by atoms with Gasteiger partial charge in [-0.05, 0) is 48.5 Å². The Morgan fingerprint density at radius 1 is 1.00 bits per heavy atom. The number of esters is 2. The van der Waals surface area contributed by atoms with Crippen LogP contribution in [0.1, 0.15) is 27.6 Å². The van der Waals surface area contributed by atoms with Gasteiger partial charge in [0.15, 0.2) is 6.17 Å². The van der Waals surface area contributed by atoms with Crippen LogP contribution in [-0.2, 0) is 14.3 Å². The summed E-state index contributed by atoms with van der Waals surface area (Å²) in [5.41, 5.74) is 0.490. The summed E-state index contributed by atoms with van der Waals surface area (Å²) in [7, 11) is 1.26. The average molecular weight is 456 g/mol. The molecule has 0 N–H and O–H groups in total. The Kier molecular flexibility index (Phi) is 9.08. The minimum Gasteiger partial charge on any atom is -0.462 e. The zero-order valence-corrected chi connectivity index (χ0v) is 17.8. The van der Waals surface area contributed by atoms with Crippen molar-refractivity contribution >= 4 is 41.4 Å². The van der Waals surface area contributed by atoms with Crippen LogP contribution in [0.3, 0.4) is 0 Å². The Morgan fingerprint density at radius 2 is 1.50 bits per heavy atom. The second-order valence-corrected chi connectivity index (χ2v) is 7.21. The van der Waals surface area contributed by atoms with E-state index in [1.54, 1.807) is 19.1 Å². The van der Waals surface area contributed by atoms with Crippen LogP contribution in [0, 0.1) is 5.92 Å². The Labute approximate surface area is 183 Å². The van der Waals surface area contributed by atoms with Gasteiger partial charge in [0.2, 0.25) is 0 Å². The maximum atomic E-state index is 14.7. The molecule has 2 rings (SSSR count). The Balaban J connectivity index is 2.07. The van der Waals surface area contributed by atoms with Crippen LogP contribution in [0.25, 0.3) is 0 Å². The number of carbonyl (C=O) groups is 2. The first-order valence-electron chi connectivity index (χ1n) is 8.91. The summed E-state index contributed by atoms with van der Waals surface area (Å²) in [4.78, 5) is 29.1. The minimum absolute atomic E-state index is 0.193. The van der Waals surface area contributed by atoms with Crippen molar-refractivity contribution in [2.24, 2.45) is 11.1 Å². The van der Waals surface area contributed by atoms with Gasteiger partial charge in [0.1, 0.15) is 13.2 Å². The van der Waals surface area contributed by atoms with Gasteiger partial charge in [0, 0.05) is 16.0 Å². The molecule has 2 aromatic carbocycles. The zero-order valence-electron chi connectivity index (χ0n) is 16.3. The molecule has 9 heteroatoms. The molecule has 0 aliphatic heterocycles. The fraction of sp³-hybridized carbons (Fsp3) is 0.286. The highest BCUT2D eigenvalue weighted by Crippen LogP contribution is 2.19. The standard InChI is InChI=1S/C21H20Cl2FNO5/c1-13(12-29-20(26)14-3-7-16(22)8-4-14)19(18(24)11-25-28-2)30-21(27)15-5-9-17(23)10-6-15/h3-11,13,18-19H,12H2,1-2H3/t13-,18+,19+/m0/s1. The third-order valence-electron chi connectivity index (χ3n) is 4.06. The van der Waals surface area contributed by atoms with Gasteiger partial charge in [-0.2, -0.15) is 0 Å². The summed E-state index contributed by atoms with van der Waals surface area (Å²) in [6.45, 7) is 1.39. The van der Waals surface area contributed by atoms with Crippen LogP contribution < -0.4 is 0 Å². The van der Waals surface area contributed by atoms with Crippen molar-refractivity contribution in [1.29, 1.82) is 0 Å². The third-order valence-corrected chi connectivity index (χ3v) is 4.57. The molecule has 0 aromatic heterocycles. The molecule has 6 nitrogen and oxygen atoms in total. The van der Waals surface area contributed by atoms with E-state index in [9.17, 15) is 14.0 Å². The molecule has 30 heavy (non-hydrogen) atoms. The van der Waals surface area contributed by atoms with Gasteiger partial charge in [-0.15, -0.1) is 0 Å². The van der Waals surface area contributed by atoms with Crippen LogP contribution in [-0.4, -0.2) is 44.1 Å². The van der Waals surface area contributed by atoms with Crippen molar-refractivity contribution in [2.75, 3.05) is 13.7 Å². The van der Waals surface area contributed by atoms with Crippen LogP contribution in [0.5, 0.6) is 0 Å². The van der Waals surface area contributed by atoms with E-state index >= 15 is 0 Å². The molecule has 0 aliphatic rings. The molecule has 2 aromatic rings. The third kappa shape index (κ3) is 7.00. The summed E-state index contributed by atoms with van der Waals surface area (Å²) in [6.07, 6.45) is -2.19. The average Bonchev–Trinajstić information content (AvgIpc) is 2.74. The van der Waals surface area contributed by atoms with E-state index in [2.05, 4.69) is 9.99 Å². The molecule has 0 unspecified atom stereocenters. The predicted octanol–water partition coefficient (Wildman–Crippen LogP) is 4.98.